The van der Waals surface area contributed by atoms with Crippen LogP contribution in [0.5, 0.6) is 5.75 Å². The number of carbonyl (C=O) groups excluding carboxylic acids is 1. The van der Waals surface area contributed by atoms with Crippen LogP contribution in [0.2, 0.25) is 0 Å². The molecule has 0 aliphatic carbocycles. The molecule has 2 N–H and O–H groups in total. The third-order valence-electron chi connectivity index (χ3n) is 3.15. The Hall–Kier alpha value is -3.09. The molecule has 0 aliphatic rings. The average molecular weight is 315 g/mol. The molecule has 2 aromatic carbocycles. The highest BCUT2D eigenvalue weighted by molar-refractivity contribution is 6.05. The van der Waals surface area contributed by atoms with Crippen molar-refractivity contribution in [3.05, 3.63) is 58.1 Å². The predicted octanol–water partition coefficient (Wildman–Crippen LogP) is 3.29. The number of hydrogen-bond acceptors (Lipinski definition) is 5. The topological polar surface area (TPSA) is 93.5 Å². The molecule has 2 rings (SSSR count). The minimum Gasteiger partial charge on any atom is -0.494 e. The monoisotopic (exact) mass is 315 g/mol. The lowest BCUT2D eigenvalue weighted by Gasteiger charge is -2.08. The van der Waals surface area contributed by atoms with Crippen LogP contribution < -0.4 is 15.4 Å². The number of carbonyl (C=O) groups is 1. The van der Waals surface area contributed by atoms with Crippen LogP contribution in [0.15, 0.2) is 42.5 Å². The number of nitrogens with zero attached hydrogens (tertiary/aromatic N) is 1. The van der Waals surface area contributed by atoms with E-state index >= 15 is 0 Å². The van der Waals surface area contributed by atoms with Gasteiger partial charge in [0.2, 0.25) is 0 Å². The third-order valence-corrected chi connectivity index (χ3v) is 3.15. The van der Waals surface area contributed by atoms with Gasteiger partial charge in [-0.3, -0.25) is 14.9 Å². The van der Waals surface area contributed by atoms with Crippen LogP contribution in [0.4, 0.5) is 17.1 Å². The van der Waals surface area contributed by atoms with Gasteiger partial charge in [-0.25, -0.2) is 0 Å². The van der Waals surface area contributed by atoms with Crippen molar-refractivity contribution in [2.45, 2.75) is 6.92 Å². The molecule has 0 atom stereocenters. The Bertz CT molecular complexity index is 714. The first-order chi connectivity index (χ1) is 11.0. The van der Waals surface area contributed by atoms with E-state index in [4.69, 9.17) is 4.74 Å². The van der Waals surface area contributed by atoms with Crippen molar-refractivity contribution in [3.8, 4) is 5.75 Å². The van der Waals surface area contributed by atoms with E-state index in [1.54, 1.807) is 31.3 Å². The van der Waals surface area contributed by atoms with Crippen LogP contribution >= 0.6 is 0 Å². The molecule has 0 aliphatic heterocycles. The fraction of sp³-hybridized carbons (Fsp3) is 0.188. The molecule has 0 saturated carbocycles. The van der Waals surface area contributed by atoms with Gasteiger partial charge in [0.15, 0.2) is 0 Å². The third kappa shape index (κ3) is 3.97. The van der Waals surface area contributed by atoms with Crippen molar-refractivity contribution in [1.29, 1.82) is 0 Å². The molecule has 0 aromatic heterocycles. The van der Waals surface area contributed by atoms with E-state index in [1.807, 2.05) is 6.92 Å². The average Bonchev–Trinajstić information content (AvgIpc) is 2.56. The first-order valence-electron chi connectivity index (χ1n) is 7.05. The molecule has 7 nitrogen and oxygen atoms in total. The smallest absolute Gasteiger partial charge is 0.293 e. The summed E-state index contributed by atoms with van der Waals surface area (Å²) >= 11 is 0. The molecular formula is C16H17N3O4. The van der Waals surface area contributed by atoms with Gasteiger partial charge in [0.25, 0.3) is 11.6 Å². The van der Waals surface area contributed by atoms with Crippen LogP contribution in [0.3, 0.4) is 0 Å². The summed E-state index contributed by atoms with van der Waals surface area (Å²) in [5.74, 6) is 0.291. The van der Waals surface area contributed by atoms with E-state index in [0.29, 0.717) is 23.7 Å². The Balaban J connectivity index is 2.17. The summed E-state index contributed by atoms with van der Waals surface area (Å²) in [4.78, 5) is 22.7. The van der Waals surface area contributed by atoms with Crippen LogP contribution in [-0.4, -0.2) is 24.5 Å². The summed E-state index contributed by atoms with van der Waals surface area (Å²) in [6, 6.07) is 11.2. The summed E-state index contributed by atoms with van der Waals surface area (Å²) in [5, 5.41) is 16.5. The first kappa shape index (κ1) is 16.3. The molecule has 0 spiro atoms. The second kappa shape index (κ2) is 7.26. The standard InChI is InChI=1S/C16H17N3O4/c1-3-23-13-7-5-12(6-8-13)18-16(20)11-4-9-14(17-2)15(10-11)19(21)22/h4-10,17H,3H2,1-2H3,(H,18,20). The Morgan fingerprint density at radius 2 is 1.91 bits per heavy atom. The second-order valence-corrected chi connectivity index (χ2v) is 4.65. The van der Waals surface area contributed by atoms with Crippen molar-refractivity contribution in [2.75, 3.05) is 24.3 Å². The second-order valence-electron chi connectivity index (χ2n) is 4.65. The minimum absolute atomic E-state index is 0.146. The SMILES string of the molecule is CCOc1ccc(NC(=O)c2ccc(NC)c([N+](=O)[O-])c2)cc1. The van der Waals surface area contributed by atoms with Crippen molar-refractivity contribution in [3.63, 3.8) is 0 Å². The van der Waals surface area contributed by atoms with Gasteiger partial charge in [0.05, 0.1) is 11.5 Å². The summed E-state index contributed by atoms with van der Waals surface area (Å²) in [7, 11) is 1.59. The Labute approximate surface area is 133 Å². The number of ether oxygens (including phenoxy) is 1. The zero-order valence-electron chi connectivity index (χ0n) is 12.8. The number of benzene rings is 2. The summed E-state index contributed by atoms with van der Waals surface area (Å²) in [6.45, 7) is 2.45. The Kier molecular flexibility index (Phi) is 5.14. The van der Waals surface area contributed by atoms with E-state index in [-0.39, 0.29) is 11.3 Å². The van der Waals surface area contributed by atoms with Gasteiger partial charge in [-0.2, -0.15) is 0 Å². The highest BCUT2D eigenvalue weighted by atomic mass is 16.6. The fourth-order valence-corrected chi connectivity index (χ4v) is 2.04. The van der Waals surface area contributed by atoms with Crippen LogP contribution in [-0.2, 0) is 0 Å². The van der Waals surface area contributed by atoms with Crippen molar-refractivity contribution in [2.24, 2.45) is 0 Å². The largest absolute Gasteiger partial charge is 0.494 e. The van der Waals surface area contributed by atoms with E-state index in [0.717, 1.165) is 0 Å². The Morgan fingerprint density at radius 1 is 1.22 bits per heavy atom. The highest BCUT2D eigenvalue weighted by Gasteiger charge is 2.16. The normalized spacial score (nSPS) is 10.0. The number of nitrogens with one attached hydrogen (secondary N) is 2. The molecular weight excluding hydrogens is 298 g/mol. The molecule has 0 fully saturated rings. The minimum atomic E-state index is -0.528. The maximum atomic E-state index is 12.2. The van der Waals surface area contributed by atoms with E-state index in [2.05, 4.69) is 10.6 Å². The lowest BCUT2D eigenvalue weighted by Crippen LogP contribution is -2.12. The van der Waals surface area contributed by atoms with E-state index in [9.17, 15) is 14.9 Å². The van der Waals surface area contributed by atoms with Crippen molar-refractivity contribution < 1.29 is 14.5 Å². The maximum absolute atomic E-state index is 12.2. The lowest BCUT2D eigenvalue weighted by atomic mass is 10.1. The van der Waals surface area contributed by atoms with Gasteiger partial charge in [0.1, 0.15) is 11.4 Å². The number of nitro groups is 1. The highest BCUT2D eigenvalue weighted by Crippen LogP contribution is 2.25. The zero-order chi connectivity index (χ0) is 16.8. The van der Waals surface area contributed by atoms with Crippen molar-refractivity contribution >= 4 is 23.0 Å². The molecule has 0 unspecified atom stereocenters. The zero-order valence-corrected chi connectivity index (χ0v) is 12.8. The fourth-order valence-electron chi connectivity index (χ4n) is 2.04. The van der Waals surface area contributed by atoms with Gasteiger partial charge in [-0.05, 0) is 43.3 Å². The summed E-state index contributed by atoms with van der Waals surface area (Å²) in [6.07, 6.45) is 0. The maximum Gasteiger partial charge on any atom is 0.293 e. The molecule has 0 heterocycles. The number of hydrogen-bond donors (Lipinski definition) is 2. The molecule has 7 heteroatoms. The van der Waals surface area contributed by atoms with Crippen LogP contribution in [0.1, 0.15) is 17.3 Å². The van der Waals surface area contributed by atoms with Gasteiger partial charge in [-0.1, -0.05) is 0 Å². The molecule has 0 bridgehead atoms. The predicted molar refractivity (Wildman–Crippen MR) is 88.2 cm³/mol. The molecule has 0 saturated heterocycles. The van der Waals surface area contributed by atoms with Crippen LogP contribution in [0.25, 0.3) is 0 Å². The van der Waals surface area contributed by atoms with Gasteiger partial charge >= 0.3 is 0 Å². The molecule has 1 amide bonds. The quantitative estimate of drug-likeness (QED) is 0.630. The number of anilines is 2. The van der Waals surface area contributed by atoms with E-state index in [1.165, 1.54) is 18.2 Å². The summed E-state index contributed by atoms with van der Waals surface area (Å²) in [5.41, 5.74) is 1.00. The molecule has 23 heavy (non-hydrogen) atoms. The number of nitro benzene ring substituents is 1. The number of rotatable bonds is 6. The van der Waals surface area contributed by atoms with Crippen LogP contribution in [0, 0.1) is 10.1 Å². The van der Waals surface area contributed by atoms with Gasteiger partial charge in [0, 0.05) is 24.4 Å². The molecule has 2 aromatic rings. The molecule has 120 valence electrons. The lowest BCUT2D eigenvalue weighted by molar-refractivity contribution is -0.384. The summed E-state index contributed by atoms with van der Waals surface area (Å²) < 4.78 is 5.32. The van der Waals surface area contributed by atoms with Gasteiger partial charge < -0.3 is 15.4 Å². The van der Waals surface area contributed by atoms with Crippen molar-refractivity contribution in [1.82, 2.24) is 0 Å². The molecule has 0 radical (unpaired) electrons. The first-order valence-corrected chi connectivity index (χ1v) is 7.05. The number of amides is 1. The van der Waals surface area contributed by atoms with Gasteiger partial charge in [-0.15, -0.1) is 0 Å². The van der Waals surface area contributed by atoms with E-state index < -0.39 is 10.8 Å². The Morgan fingerprint density at radius 3 is 2.48 bits per heavy atom.